The molecule has 78 valence electrons. The third-order valence-electron chi connectivity index (χ3n) is 2.34. The topological polar surface area (TPSA) is 34.9 Å². The maximum Gasteiger partial charge on any atom is 0.195 e. The number of carbonyl (C=O) groups is 1. The molecule has 0 N–H and O–H groups in total. The number of imidazole rings is 1. The quantitative estimate of drug-likeness (QED) is 0.733. The van der Waals surface area contributed by atoms with Crippen LogP contribution in [-0.2, 0) is 6.54 Å². The van der Waals surface area contributed by atoms with Crippen molar-refractivity contribution in [2.24, 2.45) is 0 Å². The second kappa shape index (κ2) is 3.66. The molecule has 0 saturated carbocycles. The van der Waals surface area contributed by atoms with E-state index in [0.717, 1.165) is 17.6 Å². The van der Waals surface area contributed by atoms with Gasteiger partial charge in [0.25, 0.3) is 0 Å². The minimum Gasteiger partial charge on any atom is -0.322 e. The predicted octanol–water partition coefficient (Wildman–Crippen LogP) is 2.91. The van der Waals surface area contributed by atoms with Gasteiger partial charge in [0.2, 0.25) is 0 Å². The lowest BCUT2D eigenvalue weighted by Crippen LogP contribution is -2.05. The number of hydrogen-bond donors (Lipinski definition) is 0. The summed E-state index contributed by atoms with van der Waals surface area (Å²) in [6.07, 6.45) is 0. The molecule has 0 saturated heterocycles. The van der Waals surface area contributed by atoms with Crippen molar-refractivity contribution < 1.29 is 4.79 Å². The molecule has 4 heteroatoms. The summed E-state index contributed by atoms with van der Waals surface area (Å²) in [5.74, 6) is 0.471. The standard InChI is InChI=1S/C11H11ClN2O/c1-3-14-10-5-4-8(12)6-9(10)13-11(14)7(2)15/h4-6H,3H2,1-2H3. The number of aromatic nitrogens is 2. The van der Waals surface area contributed by atoms with Crippen LogP contribution in [0.15, 0.2) is 18.2 Å². The van der Waals surface area contributed by atoms with Crippen molar-refractivity contribution >= 4 is 28.4 Å². The minimum atomic E-state index is -0.0239. The summed E-state index contributed by atoms with van der Waals surface area (Å²) in [5, 5.41) is 0.637. The molecule has 0 fully saturated rings. The zero-order valence-corrected chi connectivity index (χ0v) is 9.38. The highest BCUT2D eigenvalue weighted by Crippen LogP contribution is 2.20. The number of rotatable bonds is 2. The number of Topliss-reactive ketones (excluding diaryl/α,β-unsaturated/α-hetero) is 1. The van der Waals surface area contributed by atoms with Crippen LogP contribution in [0.3, 0.4) is 0 Å². The highest BCUT2D eigenvalue weighted by atomic mass is 35.5. The van der Waals surface area contributed by atoms with Gasteiger partial charge < -0.3 is 4.57 Å². The predicted molar refractivity (Wildman–Crippen MR) is 60.4 cm³/mol. The van der Waals surface area contributed by atoms with E-state index in [9.17, 15) is 4.79 Å². The van der Waals surface area contributed by atoms with Crippen molar-refractivity contribution in [1.82, 2.24) is 9.55 Å². The van der Waals surface area contributed by atoms with Crippen LogP contribution in [0.4, 0.5) is 0 Å². The Bertz CT molecular complexity index is 531. The Morgan fingerprint density at radius 3 is 2.87 bits per heavy atom. The molecule has 0 spiro atoms. The van der Waals surface area contributed by atoms with Gasteiger partial charge >= 0.3 is 0 Å². The van der Waals surface area contributed by atoms with Crippen LogP contribution in [0, 0.1) is 0 Å². The molecule has 3 nitrogen and oxygen atoms in total. The Hall–Kier alpha value is -1.35. The van der Waals surface area contributed by atoms with Crippen LogP contribution in [0.5, 0.6) is 0 Å². The highest BCUT2D eigenvalue weighted by molar-refractivity contribution is 6.31. The van der Waals surface area contributed by atoms with Gasteiger partial charge in [0.1, 0.15) is 0 Å². The molecular weight excluding hydrogens is 212 g/mol. The number of aryl methyl sites for hydroxylation is 1. The van der Waals surface area contributed by atoms with Gasteiger partial charge in [0.05, 0.1) is 11.0 Å². The molecule has 1 aromatic carbocycles. The summed E-state index contributed by atoms with van der Waals surface area (Å²) in [5.41, 5.74) is 1.72. The average Bonchev–Trinajstić information content (AvgIpc) is 2.55. The minimum absolute atomic E-state index is 0.0239. The van der Waals surface area contributed by atoms with Gasteiger partial charge in [-0.05, 0) is 25.1 Å². The molecule has 2 rings (SSSR count). The van der Waals surface area contributed by atoms with Crippen LogP contribution >= 0.6 is 11.6 Å². The summed E-state index contributed by atoms with van der Waals surface area (Å²) in [6.45, 7) is 4.24. The summed E-state index contributed by atoms with van der Waals surface area (Å²) < 4.78 is 1.90. The number of benzene rings is 1. The second-order valence-corrected chi connectivity index (χ2v) is 3.81. The Balaban J connectivity index is 2.78. The molecule has 0 radical (unpaired) electrons. The molecule has 0 aliphatic rings. The molecule has 15 heavy (non-hydrogen) atoms. The van der Waals surface area contributed by atoms with Crippen LogP contribution in [0.25, 0.3) is 11.0 Å². The Labute approximate surface area is 92.7 Å². The van der Waals surface area contributed by atoms with E-state index in [1.54, 1.807) is 6.07 Å². The van der Waals surface area contributed by atoms with Crippen molar-refractivity contribution in [2.75, 3.05) is 0 Å². The highest BCUT2D eigenvalue weighted by Gasteiger charge is 2.12. The molecule has 0 aliphatic carbocycles. The fourth-order valence-corrected chi connectivity index (χ4v) is 1.86. The van der Waals surface area contributed by atoms with E-state index in [4.69, 9.17) is 11.6 Å². The molecule has 1 aromatic heterocycles. The Morgan fingerprint density at radius 2 is 2.27 bits per heavy atom. The number of halogens is 1. The smallest absolute Gasteiger partial charge is 0.195 e. The number of carbonyl (C=O) groups excluding carboxylic acids is 1. The molecule has 0 atom stereocenters. The van der Waals surface area contributed by atoms with Gasteiger partial charge in [0, 0.05) is 18.5 Å². The lowest BCUT2D eigenvalue weighted by molar-refractivity contribution is 0.1000. The normalized spacial score (nSPS) is 10.9. The molecule has 0 unspecified atom stereocenters. The van der Waals surface area contributed by atoms with Gasteiger partial charge in [-0.3, -0.25) is 4.79 Å². The number of fused-ring (bicyclic) bond motifs is 1. The maximum absolute atomic E-state index is 11.4. The zero-order valence-electron chi connectivity index (χ0n) is 8.62. The summed E-state index contributed by atoms with van der Waals surface area (Å²) >= 11 is 5.87. The number of hydrogen-bond acceptors (Lipinski definition) is 2. The molecule has 2 aromatic rings. The fourth-order valence-electron chi connectivity index (χ4n) is 1.69. The van der Waals surface area contributed by atoms with Crippen molar-refractivity contribution in [1.29, 1.82) is 0 Å². The van der Waals surface area contributed by atoms with Gasteiger partial charge in [-0.25, -0.2) is 4.98 Å². The Kier molecular flexibility index (Phi) is 2.49. The molecule has 1 heterocycles. The largest absolute Gasteiger partial charge is 0.322 e. The summed E-state index contributed by atoms with van der Waals surface area (Å²) in [7, 11) is 0. The fraction of sp³-hybridized carbons (Fsp3) is 0.273. The maximum atomic E-state index is 11.4. The Morgan fingerprint density at radius 1 is 1.53 bits per heavy atom. The van der Waals surface area contributed by atoms with E-state index in [-0.39, 0.29) is 5.78 Å². The number of nitrogens with zero attached hydrogens (tertiary/aromatic N) is 2. The van der Waals surface area contributed by atoms with E-state index in [1.165, 1.54) is 6.92 Å². The number of ketones is 1. The zero-order chi connectivity index (χ0) is 11.0. The van der Waals surface area contributed by atoms with Crippen molar-refractivity contribution in [3.63, 3.8) is 0 Å². The molecule has 0 aliphatic heterocycles. The van der Waals surface area contributed by atoms with E-state index in [1.807, 2.05) is 23.6 Å². The van der Waals surface area contributed by atoms with Crippen molar-refractivity contribution in [3.8, 4) is 0 Å². The first kappa shape index (κ1) is 10.2. The SMILES string of the molecule is CCn1c(C(C)=O)nc2cc(Cl)ccc21. The molecule has 0 bridgehead atoms. The van der Waals surface area contributed by atoms with E-state index >= 15 is 0 Å². The van der Waals surface area contributed by atoms with Crippen LogP contribution in [0.1, 0.15) is 24.5 Å². The second-order valence-electron chi connectivity index (χ2n) is 3.37. The summed E-state index contributed by atoms with van der Waals surface area (Å²) in [4.78, 5) is 15.6. The monoisotopic (exact) mass is 222 g/mol. The average molecular weight is 223 g/mol. The van der Waals surface area contributed by atoms with Crippen LogP contribution < -0.4 is 0 Å². The first-order chi connectivity index (χ1) is 7.13. The van der Waals surface area contributed by atoms with Gasteiger partial charge in [-0.15, -0.1) is 0 Å². The van der Waals surface area contributed by atoms with E-state index < -0.39 is 0 Å². The third-order valence-corrected chi connectivity index (χ3v) is 2.58. The first-order valence-electron chi connectivity index (χ1n) is 4.80. The van der Waals surface area contributed by atoms with Crippen LogP contribution in [0.2, 0.25) is 5.02 Å². The third kappa shape index (κ3) is 1.63. The van der Waals surface area contributed by atoms with Gasteiger partial charge in [-0.2, -0.15) is 0 Å². The van der Waals surface area contributed by atoms with Crippen molar-refractivity contribution in [3.05, 3.63) is 29.0 Å². The van der Waals surface area contributed by atoms with Gasteiger partial charge in [0.15, 0.2) is 11.6 Å². The van der Waals surface area contributed by atoms with Gasteiger partial charge in [-0.1, -0.05) is 11.6 Å². The first-order valence-corrected chi connectivity index (χ1v) is 5.18. The van der Waals surface area contributed by atoms with Crippen LogP contribution in [-0.4, -0.2) is 15.3 Å². The summed E-state index contributed by atoms with van der Waals surface area (Å²) in [6, 6.07) is 5.47. The molecular formula is C11H11ClN2O. The van der Waals surface area contributed by atoms with E-state index in [0.29, 0.717) is 10.8 Å². The lowest BCUT2D eigenvalue weighted by atomic mass is 10.3. The van der Waals surface area contributed by atoms with Crippen molar-refractivity contribution in [2.45, 2.75) is 20.4 Å². The van der Waals surface area contributed by atoms with E-state index in [2.05, 4.69) is 4.98 Å². The lowest BCUT2D eigenvalue weighted by Gasteiger charge is -2.02. The molecule has 0 amide bonds.